The number of aliphatic carboxylic acids is 2. The molecule has 0 radical (unpaired) electrons. The summed E-state index contributed by atoms with van der Waals surface area (Å²) in [6.07, 6.45) is 1.90. The Balaban J connectivity index is 0. The molecule has 0 rings (SSSR count). The van der Waals surface area contributed by atoms with E-state index in [-0.39, 0.29) is 17.5 Å². The Kier molecular flexibility index (Phi) is 10.2. The van der Waals surface area contributed by atoms with Crippen LogP contribution in [0.5, 0.6) is 0 Å². The van der Waals surface area contributed by atoms with Crippen molar-refractivity contribution in [1.29, 1.82) is 0 Å². The lowest BCUT2D eigenvalue weighted by molar-refractivity contribution is -0.140. The molecule has 15 heavy (non-hydrogen) atoms. The fraction of sp³-hybridized carbons (Fsp3) is 0.778. The van der Waals surface area contributed by atoms with Crippen molar-refractivity contribution in [2.45, 2.75) is 38.6 Å². The van der Waals surface area contributed by atoms with Crippen molar-refractivity contribution in [2.75, 3.05) is 6.54 Å². The van der Waals surface area contributed by atoms with Crippen LogP contribution in [0.4, 0.5) is 4.70 Å². The van der Waals surface area contributed by atoms with E-state index >= 15 is 0 Å². The summed E-state index contributed by atoms with van der Waals surface area (Å²) < 4.78 is 0. The Morgan fingerprint density at radius 3 is 2.33 bits per heavy atom. The molecule has 0 unspecified atom stereocenters. The topological polar surface area (TPSA) is 86.6 Å². The van der Waals surface area contributed by atoms with Crippen LogP contribution in [0.3, 0.4) is 0 Å². The lowest BCUT2D eigenvalue weighted by atomic mass is 10.1. The summed E-state index contributed by atoms with van der Waals surface area (Å²) >= 11 is 0. The van der Waals surface area contributed by atoms with Gasteiger partial charge in [-0.05, 0) is 19.4 Å². The van der Waals surface area contributed by atoms with Gasteiger partial charge in [-0.15, -0.1) is 0 Å². The lowest BCUT2D eigenvalue weighted by Crippen LogP contribution is -2.37. The van der Waals surface area contributed by atoms with E-state index in [9.17, 15) is 9.59 Å². The van der Waals surface area contributed by atoms with Crippen molar-refractivity contribution < 1.29 is 24.5 Å². The van der Waals surface area contributed by atoms with Gasteiger partial charge in [0.25, 0.3) is 0 Å². The van der Waals surface area contributed by atoms with Crippen LogP contribution in [0.25, 0.3) is 0 Å². The maximum absolute atomic E-state index is 10.7. The van der Waals surface area contributed by atoms with Crippen molar-refractivity contribution in [3.05, 3.63) is 0 Å². The number of carboxylic acid groups (broad SMARTS) is 2. The summed E-state index contributed by atoms with van der Waals surface area (Å²) in [5, 5.41) is 19.9. The van der Waals surface area contributed by atoms with Gasteiger partial charge in [-0.2, -0.15) is 0 Å². The van der Waals surface area contributed by atoms with Crippen molar-refractivity contribution in [3.63, 3.8) is 0 Å². The van der Waals surface area contributed by atoms with Gasteiger partial charge in [0.2, 0.25) is 0 Å². The van der Waals surface area contributed by atoms with Crippen LogP contribution in [0.1, 0.15) is 32.6 Å². The maximum atomic E-state index is 10.7. The molecule has 0 spiro atoms. The predicted octanol–water partition coefficient (Wildman–Crippen LogP) is 0.847. The third-order valence-corrected chi connectivity index (χ3v) is 1.87. The lowest BCUT2D eigenvalue weighted by Gasteiger charge is -2.12. The van der Waals surface area contributed by atoms with Crippen molar-refractivity contribution in [3.8, 4) is 0 Å². The Hall–Kier alpha value is -1.17. The zero-order valence-electron chi connectivity index (χ0n) is 8.73. The summed E-state index contributed by atoms with van der Waals surface area (Å²) in [6, 6.07) is -0.738. The SMILES string of the molecule is CCCCN[C@@H](CCC(=O)O)C(=O)O.F. The fourth-order valence-corrected chi connectivity index (χ4v) is 1.03. The number of carboxylic acids is 2. The monoisotopic (exact) mass is 223 g/mol. The highest BCUT2D eigenvalue weighted by molar-refractivity contribution is 5.75. The summed E-state index contributed by atoms with van der Waals surface area (Å²) in [5.74, 6) is -1.95. The molecule has 90 valence electrons. The van der Waals surface area contributed by atoms with Crippen LogP contribution in [0.15, 0.2) is 0 Å². The second-order valence-electron chi connectivity index (χ2n) is 3.13. The van der Waals surface area contributed by atoms with Crippen LogP contribution in [0, 0.1) is 0 Å². The molecule has 0 aromatic carbocycles. The van der Waals surface area contributed by atoms with Gasteiger partial charge in [-0.25, -0.2) is 0 Å². The van der Waals surface area contributed by atoms with Crippen LogP contribution in [-0.2, 0) is 9.59 Å². The van der Waals surface area contributed by atoms with E-state index in [1.54, 1.807) is 0 Å². The molecule has 0 bridgehead atoms. The summed E-state index contributed by atoms with van der Waals surface area (Å²) in [5.41, 5.74) is 0. The number of hydrogen-bond acceptors (Lipinski definition) is 3. The van der Waals surface area contributed by atoms with E-state index < -0.39 is 18.0 Å². The number of rotatable bonds is 8. The number of halogens is 1. The predicted molar refractivity (Wildman–Crippen MR) is 53.7 cm³/mol. The molecule has 0 amide bonds. The van der Waals surface area contributed by atoms with Gasteiger partial charge >= 0.3 is 11.9 Å². The molecular weight excluding hydrogens is 205 g/mol. The van der Waals surface area contributed by atoms with Crippen molar-refractivity contribution in [1.82, 2.24) is 5.32 Å². The first-order valence-electron chi connectivity index (χ1n) is 4.76. The highest BCUT2D eigenvalue weighted by Crippen LogP contribution is 1.98. The van der Waals surface area contributed by atoms with Crippen molar-refractivity contribution in [2.24, 2.45) is 0 Å². The van der Waals surface area contributed by atoms with Gasteiger partial charge in [-0.1, -0.05) is 13.3 Å². The van der Waals surface area contributed by atoms with Gasteiger partial charge < -0.3 is 15.5 Å². The van der Waals surface area contributed by atoms with Gasteiger partial charge in [0, 0.05) is 6.42 Å². The van der Waals surface area contributed by atoms with E-state index in [2.05, 4.69) is 5.32 Å². The second kappa shape index (κ2) is 9.39. The molecule has 0 aromatic heterocycles. The smallest absolute Gasteiger partial charge is 0.320 e. The van der Waals surface area contributed by atoms with Gasteiger partial charge in [-0.3, -0.25) is 14.3 Å². The Morgan fingerprint density at radius 2 is 1.93 bits per heavy atom. The van der Waals surface area contributed by atoms with Crippen LogP contribution < -0.4 is 5.32 Å². The van der Waals surface area contributed by atoms with E-state index in [1.165, 1.54) is 0 Å². The highest BCUT2D eigenvalue weighted by Gasteiger charge is 2.17. The summed E-state index contributed by atoms with van der Waals surface area (Å²) in [6.45, 7) is 2.63. The zero-order valence-corrected chi connectivity index (χ0v) is 8.73. The molecule has 6 heteroatoms. The Bertz CT molecular complexity index is 199. The minimum absolute atomic E-state index is 0. The van der Waals surface area contributed by atoms with Crippen LogP contribution >= 0.6 is 0 Å². The summed E-state index contributed by atoms with van der Waals surface area (Å²) in [7, 11) is 0. The first kappa shape index (κ1) is 16.3. The highest BCUT2D eigenvalue weighted by atomic mass is 19.0. The Labute approximate surface area is 87.8 Å². The maximum Gasteiger partial charge on any atom is 0.320 e. The molecule has 0 aliphatic rings. The average Bonchev–Trinajstić information content (AvgIpc) is 2.10. The first-order valence-corrected chi connectivity index (χ1v) is 4.76. The largest absolute Gasteiger partial charge is 0.481 e. The zero-order chi connectivity index (χ0) is 11.0. The minimum Gasteiger partial charge on any atom is -0.481 e. The minimum atomic E-state index is -0.984. The Morgan fingerprint density at radius 1 is 1.33 bits per heavy atom. The number of unbranched alkanes of at least 4 members (excludes halogenated alkanes) is 1. The average molecular weight is 223 g/mol. The molecule has 0 fully saturated rings. The quantitative estimate of drug-likeness (QED) is 0.531. The van der Waals surface area contributed by atoms with Crippen LogP contribution in [0.2, 0.25) is 0 Å². The molecule has 0 aliphatic carbocycles. The molecule has 0 aliphatic heterocycles. The molecule has 3 N–H and O–H groups in total. The van der Waals surface area contributed by atoms with Crippen LogP contribution in [-0.4, -0.2) is 34.7 Å². The first-order chi connectivity index (χ1) is 6.57. The molecule has 1 atom stereocenters. The van der Waals surface area contributed by atoms with E-state index in [0.717, 1.165) is 12.8 Å². The molecular formula is C9H18FNO4. The van der Waals surface area contributed by atoms with Gasteiger partial charge in [0.15, 0.2) is 0 Å². The molecule has 5 nitrogen and oxygen atoms in total. The number of hydrogen-bond donors (Lipinski definition) is 3. The van der Waals surface area contributed by atoms with Crippen molar-refractivity contribution >= 4 is 11.9 Å². The third kappa shape index (κ3) is 9.14. The fourth-order valence-electron chi connectivity index (χ4n) is 1.03. The molecule has 0 saturated heterocycles. The summed E-state index contributed by atoms with van der Waals surface area (Å²) in [4.78, 5) is 20.9. The van der Waals surface area contributed by atoms with E-state index in [0.29, 0.717) is 6.54 Å². The van der Waals surface area contributed by atoms with E-state index in [4.69, 9.17) is 10.2 Å². The van der Waals surface area contributed by atoms with E-state index in [1.807, 2.05) is 6.92 Å². The molecule has 0 aromatic rings. The molecule has 0 saturated carbocycles. The second-order valence-corrected chi connectivity index (χ2v) is 3.13. The van der Waals surface area contributed by atoms with Gasteiger partial charge in [0.1, 0.15) is 6.04 Å². The number of nitrogens with one attached hydrogen (secondary N) is 1. The standard InChI is InChI=1S/C9H17NO4.FH/c1-2-3-6-10-7(9(13)14)4-5-8(11)12;/h7,10H,2-6H2,1H3,(H,11,12)(H,13,14);1H/t7-;/m0./s1. The third-order valence-electron chi connectivity index (χ3n) is 1.87. The number of carbonyl (C=O) groups is 2. The normalized spacial score (nSPS) is 11.5. The molecule has 0 heterocycles. The van der Waals surface area contributed by atoms with Gasteiger partial charge in [0.05, 0.1) is 0 Å².